The van der Waals surface area contributed by atoms with Crippen molar-refractivity contribution in [1.29, 1.82) is 0 Å². The molecule has 2 heterocycles. The van der Waals surface area contributed by atoms with Gasteiger partial charge in [-0.25, -0.2) is 9.78 Å². The zero-order valence-electron chi connectivity index (χ0n) is 10.5. The Kier molecular flexibility index (Phi) is 2.65. The van der Waals surface area contributed by atoms with E-state index in [1.807, 2.05) is 39.8 Å². The lowest BCUT2D eigenvalue weighted by atomic mass is 10.1. The van der Waals surface area contributed by atoms with Crippen LogP contribution >= 0.6 is 0 Å². The van der Waals surface area contributed by atoms with E-state index < -0.39 is 5.97 Å². The number of aromatic carboxylic acids is 1. The van der Waals surface area contributed by atoms with Crippen LogP contribution in [-0.4, -0.2) is 20.5 Å². The number of imidazole rings is 1. The van der Waals surface area contributed by atoms with Gasteiger partial charge in [-0.3, -0.25) is 4.40 Å². The fraction of sp³-hybridized carbons (Fsp3) is 0.385. The molecule has 0 saturated carbocycles. The van der Waals surface area contributed by atoms with Gasteiger partial charge in [0.05, 0.1) is 5.69 Å². The topological polar surface area (TPSA) is 54.6 Å². The van der Waals surface area contributed by atoms with Crippen molar-refractivity contribution in [3.8, 4) is 0 Å². The zero-order chi connectivity index (χ0) is 12.7. The molecule has 0 fully saturated rings. The molecule has 0 bridgehead atoms. The highest BCUT2D eigenvalue weighted by Crippen LogP contribution is 2.23. The maximum Gasteiger partial charge on any atom is 0.354 e. The SMILES string of the molecule is Cc1cc(C)n2c(C(=O)O)c(C(C)C)nc2c1. The predicted octanol–water partition coefficient (Wildman–Crippen LogP) is 2.77. The fourth-order valence-electron chi connectivity index (χ4n) is 2.16. The number of pyridine rings is 1. The van der Waals surface area contributed by atoms with Gasteiger partial charge in [-0.2, -0.15) is 0 Å². The minimum Gasteiger partial charge on any atom is -0.477 e. The number of fused-ring (bicyclic) bond motifs is 1. The van der Waals surface area contributed by atoms with Crippen LogP contribution in [0.2, 0.25) is 0 Å². The van der Waals surface area contributed by atoms with E-state index in [0.29, 0.717) is 11.3 Å². The van der Waals surface area contributed by atoms with Gasteiger partial charge in [-0.05, 0) is 37.5 Å². The average molecular weight is 232 g/mol. The summed E-state index contributed by atoms with van der Waals surface area (Å²) in [6.45, 7) is 7.79. The number of nitrogens with zero attached hydrogens (tertiary/aromatic N) is 2. The van der Waals surface area contributed by atoms with Gasteiger partial charge in [0.15, 0.2) is 5.69 Å². The fourth-order valence-corrected chi connectivity index (χ4v) is 2.16. The molecule has 0 radical (unpaired) electrons. The first kappa shape index (κ1) is 11.6. The van der Waals surface area contributed by atoms with E-state index in [2.05, 4.69) is 4.98 Å². The average Bonchev–Trinajstić information content (AvgIpc) is 2.56. The van der Waals surface area contributed by atoms with E-state index in [9.17, 15) is 9.90 Å². The first-order chi connectivity index (χ1) is 7.91. The molecule has 2 rings (SSSR count). The number of carboxylic acid groups (broad SMARTS) is 1. The van der Waals surface area contributed by atoms with Crippen LogP contribution in [0.3, 0.4) is 0 Å². The van der Waals surface area contributed by atoms with E-state index >= 15 is 0 Å². The van der Waals surface area contributed by atoms with E-state index in [4.69, 9.17) is 0 Å². The van der Waals surface area contributed by atoms with Crippen molar-refractivity contribution in [3.63, 3.8) is 0 Å². The first-order valence-electron chi connectivity index (χ1n) is 5.64. The summed E-state index contributed by atoms with van der Waals surface area (Å²) in [6.07, 6.45) is 0. The molecule has 0 amide bonds. The Morgan fingerprint density at radius 1 is 1.35 bits per heavy atom. The van der Waals surface area contributed by atoms with Crippen LogP contribution < -0.4 is 0 Å². The minimum atomic E-state index is -0.923. The normalized spacial score (nSPS) is 11.4. The summed E-state index contributed by atoms with van der Waals surface area (Å²) in [5.41, 5.74) is 3.63. The van der Waals surface area contributed by atoms with Gasteiger partial charge in [0, 0.05) is 5.69 Å². The molecule has 2 aromatic rings. The number of carboxylic acids is 1. The molecule has 0 spiro atoms. The summed E-state index contributed by atoms with van der Waals surface area (Å²) in [5.74, 6) is -0.825. The predicted molar refractivity (Wildman–Crippen MR) is 65.7 cm³/mol. The molecule has 4 nitrogen and oxygen atoms in total. The Hall–Kier alpha value is -1.84. The summed E-state index contributed by atoms with van der Waals surface area (Å²) in [4.78, 5) is 15.8. The minimum absolute atomic E-state index is 0.0979. The van der Waals surface area contributed by atoms with Crippen molar-refractivity contribution in [2.75, 3.05) is 0 Å². The molecule has 0 saturated heterocycles. The summed E-state index contributed by atoms with van der Waals surface area (Å²) < 4.78 is 1.71. The van der Waals surface area contributed by atoms with E-state index in [1.54, 1.807) is 4.40 Å². The number of hydrogen-bond acceptors (Lipinski definition) is 2. The third-order valence-electron chi connectivity index (χ3n) is 2.83. The molecule has 0 aliphatic heterocycles. The standard InChI is InChI=1S/C13H16N2O2/c1-7(2)11-12(13(16)17)15-9(4)5-8(3)6-10(15)14-11/h5-7H,1-4H3,(H,16,17). The van der Waals surface area contributed by atoms with E-state index in [1.165, 1.54) is 0 Å². The van der Waals surface area contributed by atoms with E-state index in [-0.39, 0.29) is 11.6 Å². The number of hydrogen-bond donors (Lipinski definition) is 1. The molecule has 4 heteroatoms. The van der Waals surface area contributed by atoms with Gasteiger partial charge in [0.25, 0.3) is 0 Å². The maximum absolute atomic E-state index is 11.4. The quantitative estimate of drug-likeness (QED) is 0.866. The Morgan fingerprint density at radius 3 is 2.53 bits per heavy atom. The first-order valence-corrected chi connectivity index (χ1v) is 5.64. The third kappa shape index (κ3) is 1.79. The van der Waals surface area contributed by atoms with Gasteiger partial charge < -0.3 is 5.11 Å². The highest BCUT2D eigenvalue weighted by Gasteiger charge is 2.21. The molecule has 0 unspecified atom stereocenters. The van der Waals surface area contributed by atoms with Gasteiger partial charge >= 0.3 is 5.97 Å². The van der Waals surface area contributed by atoms with Gasteiger partial charge in [0.2, 0.25) is 0 Å². The molecule has 2 aromatic heterocycles. The molecular weight excluding hydrogens is 216 g/mol. The van der Waals surface area contributed by atoms with Crippen molar-refractivity contribution in [2.24, 2.45) is 0 Å². The number of rotatable bonds is 2. The Bertz CT molecular complexity index is 597. The van der Waals surface area contributed by atoms with Gasteiger partial charge in [0.1, 0.15) is 5.65 Å². The lowest BCUT2D eigenvalue weighted by molar-refractivity contribution is 0.0687. The summed E-state index contributed by atoms with van der Waals surface area (Å²) in [5, 5.41) is 9.33. The molecule has 0 atom stereocenters. The second-order valence-corrected chi connectivity index (χ2v) is 4.67. The summed E-state index contributed by atoms with van der Waals surface area (Å²) >= 11 is 0. The lowest BCUT2D eigenvalue weighted by Gasteiger charge is -2.05. The van der Waals surface area contributed by atoms with Crippen molar-refractivity contribution in [2.45, 2.75) is 33.6 Å². The van der Waals surface area contributed by atoms with Crippen LogP contribution in [0, 0.1) is 13.8 Å². The number of aromatic nitrogens is 2. The summed E-state index contributed by atoms with van der Waals surface area (Å²) in [7, 11) is 0. The molecule has 0 aromatic carbocycles. The lowest BCUT2D eigenvalue weighted by Crippen LogP contribution is -2.08. The highest BCUT2D eigenvalue weighted by molar-refractivity contribution is 5.88. The van der Waals surface area contributed by atoms with E-state index in [0.717, 1.165) is 11.3 Å². The van der Waals surface area contributed by atoms with Crippen LogP contribution in [0.1, 0.15) is 47.2 Å². The Balaban J connectivity index is 2.90. The molecule has 1 N–H and O–H groups in total. The summed E-state index contributed by atoms with van der Waals surface area (Å²) in [6, 6.07) is 3.87. The number of aryl methyl sites for hydroxylation is 2. The Labute approximate surface area is 99.9 Å². The molecular formula is C13H16N2O2. The Morgan fingerprint density at radius 2 is 2.00 bits per heavy atom. The molecule has 90 valence electrons. The van der Waals surface area contributed by atoms with Crippen LogP contribution in [0.5, 0.6) is 0 Å². The zero-order valence-corrected chi connectivity index (χ0v) is 10.5. The highest BCUT2D eigenvalue weighted by atomic mass is 16.4. The largest absolute Gasteiger partial charge is 0.477 e. The van der Waals surface area contributed by atoms with Crippen molar-refractivity contribution in [1.82, 2.24) is 9.38 Å². The third-order valence-corrected chi connectivity index (χ3v) is 2.83. The van der Waals surface area contributed by atoms with Crippen LogP contribution in [-0.2, 0) is 0 Å². The molecule has 17 heavy (non-hydrogen) atoms. The van der Waals surface area contributed by atoms with Crippen LogP contribution in [0.4, 0.5) is 0 Å². The second kappa shape index (κ2) is 3.87. The van der Waals surface area contributed by atoms with Crippen LogP contribution in [0.25, 0.3) is 5.65 Å². The van der Waals surface area contributed by atoms with Gasteiger partial charge in [-0.1, -0.05) is 13.8 Å². The maximum atomic E-state index is 11.4. The molecule has 0 aliphatic rings. The second-order valence-electron chi connectivity index (χ2n) is 4.67. The van der Waals surface area contributed by atoms with Crippen LogP contribution in [0.15, 0.2) is 12.1 Å². The smallest absolute Gasteiger partial charge is 0.354 e. The number of carbonyl (C=O) groups is 1. The van der Waals surface area contributed by atoms with Crippen molar-refractivity contribution in [3.05, 3.63) is 34.8 Å². The molecule has 0 aliphatic carbocycles. The van der Waals surface area contributed by atoms with Crippen molar-refractivity contribution < 1.29 is 9.90 Å². The van der Waals surface area contributed by atoms with Crippen molar-refractivity contribution >= 4 is 11.6 Å². The monoisotopic (exact) mass is 232 g/mol. The van der Waals surface area contributed by atoms with Gasteiger partial charge in [-0.15, -0.1) is 0 Å².